The summed E-state index contributed by atoms with van der Waals surface area (Å²) in [7, 11) is 0. The van der Waals surface area contributed by atoms with E-state index in [1.165, 1.54) is 12.1 Å². The molecule has 0 spiro atoms. The van der Waals surface area contributed by atoms with E-state index in [4.69, 9.17) is 16.3 Å². The van der Waals surface area contributed by atoms with Crippen LogP contribution in [0, 0.1) is 0 Å². The first-order chi connectivity index (χ1) is 14.8. The molecule has 3 rings (SSSR count). The Hall–Kier alpha value is -2.45. The first-order valence-electron chi connectivity index (χ1n) is 9.58. The molecule has 0 saturated heterocycles. The molecule has 164 valence electrons. The van der Waals surface area contributed by atoms with Crippen LogP contribution in [0.5, 0.6) is 0 Å². The second-order valence-corrected chi connectivity index (χ2v) is 8.23. The minimum atomic E-state index is -4.61. The average molecular weight is 469 g/mol. The molecule has 4 nitrogen and oxygen atoms in total. The molecule has 0 atom stereocenters. The van der Waals surface area contributed by atoms with Crippen molar-refractivity contribution in [2.75, 3.05) is 18.1 Å². The van der Waals surface area contributed by atoms with Gasteiger partial charge in [-0.3, -0.25) is 0 Å². The highest BCUT2D eigenvalue weighted by Crippen LogP contribution is 2.34. The van der Waals surface area contributed by atoms with Gasteiger partial charge in [-0.25, -0.2) is 9.48 Å². The average Bonchev–Trinajstić information content (AvgIpc) is 3.20. The minimum Gasteiger partial charge on any atom is -0.461 e. The minimum absolute atomic E-state index is 0.205. The van der Waals surface area contributed by atoms with Crippen molar-refractivity contribution in [1.82, 2.24) is 9.78 Å². The number of benzene rings is 2. The van der Waals surface area contributed by atoms with Crippen LogP contribution in [-0.4, -0.2) is 33.9 Å². The summed E-state index contributed by atoms with van der Waals surface area (Å²) < 4.78 is 46.3. The van der Waals surface area contributed by atoms with E-state index in [-0.39, 0.29) is 10.7 Å². The highest BCUT2D eigenvalue weighted by atomic mass is 35.5. The summed E-state index contributed by atoms with van der Waals surface area (Å²) in [6.07, 6.45) is -3.55. The molecule has 0 unspecified atom stereocenters. The van der Waals surface area contributed by atoms with Gasteiger partial charge in [-0.15, -0.1) is 0 Å². The number of ether oxygens (including phenoxy) is 1. The summed E-state index contributed by atoms with van der Waals surface area (Å²) >= 11 is 7.89. The Kier molecular flexibility index (Phi) is 7.67. The number of hydrogen-bond donors (Lipinski definition) is 0. The summed E-state index contributed by atoms with van der Waals surface area (Å²) in [4.78, 5) is 12.2. The lowest BCUT2D eigenvalue weighted by molar-refractivity contribution is -0.141. The van der Waals surface area contributed by atoms with Gasteiger partial charge in [-0.2, -0.15) is 30.0 Å². The van der Waals surface area contributed by atoms with Crippen LogP contribution in [-0.2, 0) is 10.9 Å². The Labute approximate surface area is 187 Å². The van der Waals surface area contributed by atoms with Crippen LogP contribution in [0.25, 0.3) is 16.9 Å². The fraction of sp³-hybridized carbons (Fsp3) is 0.273. The van der Waals surface area contributed by atoms with Crippen molar-refractivity contribution >= 4 is 29.3 Å². The molecular formula is C22H20ClF3N2O2S. The van der Waals surface area contributed by atoms with Crippen molar-refractivity contribution in [1.29, 1.82) is 0 Å². The van der Waals surface area contributed by atoms with Crippen LogP contribution >= 0.6 is 23.4 Å². The van der Waals surface area contributed by atoms with Gasteiger partial charge < -0.3 is 4.74 Å². The zero-order chi connectivity index (χ0) is 22.4. The molecule has 0 bridgehead atoms. The fourth-order valence-corrected chi connectivity index (χ4v) is 3.74. The summed E-state index contributed by atoms with van der Waals surface area (Å²) in [6.45, 7) is 2.38. The summed E-state index contributed by atoms with van der Waals surface area (Å²) in [5.41, 5.74) is 0.275. The zero-order valence-corrected chi connectivity index (χ0v) is 18.2. The number of halogens is 4. The van der Waals surface area contributed by atoms with Gasteiger partial charge in [-0.05, 0) is 42.5 Å². The number of carbonyl (C=O) groups is 1. The monoisotopic (exact) mass is 468 g/mol. The Balaban J connectivity index is 1.86. The predicted octanol–water partition coefficient (Wildman–Crippen LogP) is 6.51. The maximum Gasteiger partial charge on any atom is 0.435 e. The molecule has 0 aliphatic carbocycles. The molecule has 0 N–H and O–H groups in total. The van der Waals surface area contributed by atoms with Gasteiger partial charge >= 0.3 is 12.1 Å². The second kappa shape index (κ2) is 10.2. The molecule has 1 aromatic heterocycles. The predicted molar refractivity (Wildman–Crippen MR) is 117 cm³/mol. The molecule has 0 saturated carbocycles. The number of carbonyl (C=O) groups excluding carboxylic acids is 1. The molecule has 0 aliphatic heterocycles. The van der Waals surface area contributed by atoms with E-state index < -0.39 is 17.8 Å². The molecule has 3 aromatic rings. The van der Waals surface area contributed by atoms with Crippen molar-refractivity contribution in [2.45, 2.75) is 19.5 Å². The number of thioether (sulfide) groups is 1. The topological polar surface area (TPSA) is 44.1 Å². The molecular weight excluding hydrogens is 449 g/mol. The fourth-order valence-electron chi connectivity index (χ4n) is 2.83. The molecule has 0 fully saturated rings. The first kappa shape index (κ1) is 23.2. The van der Waals surface area contributed by atoms with Gasteiger partial charge in [0.05, 0.1) is 22.0 Å². The summed E-state index contributed by atoms with van der Waals surface area (Å²) in [5.74, 6) is 1.25. The molecule has 9 heteroatoms. The van der Waals surface area contributed by atoms with E-state index in [2.05, 4.69) is 12.0 Å². The lowest BCUT2D eigenvalue weighted by Crippen LogP contribution is -2.08. The quantitative estimate of drug-likeness (QED) is 0.279. The van der Waals surface area contributed by atoms with Crippen LogP contribution in [0.3, 0.4) is 0 Å². The third-order valence-corrected chi connectivity index (χ3v) is 5.78. The lowest BCUT2D eigenvalue weighted by atomic mass is 10.1. The third-order valence-electron chi connectivity index (χ3n) is 4.31. The Morgan fingerprint density at radius 1 is 1.13 bits per heavy atom. The highest BCUT2D eigenvalue weighted by molar-refractivity contribution is 7.99. The number of hydrogen-bond acceptors (Lipinski definition) is 4. The van der Waals surface area contributed by atoms with Crippen LogP contribution in [0.1, 0.15) is 29.4 Å². The van der Waals surface area contributed by atoms with E-state index in [0.29, 0.717) is 23.4 Å². The molecule has 1 heterocycles. The Morgan fingerprint density at radius 2 is 1.84 bits per heavy atom. The van der Waals surface area contributed by atoms with Gasteiger partial charge in [0.1, 0.15) is 6.61 Å². The summed E-state index contributed by atoms with van der Waals surface area (Å²) in [5, 5.41) is 3.99. The second-order valence-electron chi connectivity index (χ2n) is 6.60. The zero-order valence-electron chi connectivity index (χ0n) is 16.7. The number of esters is 1. The normalized spacial score (nSPS) is 11.5. The van der Waals surface area contributed by atoms with E-state index in [1.54, 1.807) is 48.2 Å². The number of aromatic nitrogens is 2. The Bertz CT molecular complexity index is 1040. The largest absolute Gasteiger partial charge is 0.461 e. The van der Waals surface area contributed by atoms with Crippen LogP contribution in [0.2, 0.25) is 5.02 Å². The number of para-hydroxylation sites is 1. The first-order valence-corrected chi connectivity index (χ1v) is 11.1. The standard InChI is InChI=1S/C22H20ClF3N2O2S/c1-2-12-31-13-11-30-21(29)16-9-7-15(8-10-16)19-14-20(22(24,25)26)27-28(19)18-6-4-3-5-17(18)23/h3-10,14H,2,11-13H2,1H3. The molecule has 2 aromatic carbocycles. The van der Waals surface area contributed by atoms with Crippen molar-refractivity contribution < 1.29 is 22.7 Å². The smallest absolute Gasteiger partial charge is 0.435 e. The van der Waals surface area contributed by atoms with Gasteiger partial charge in [-0.1, -0.05) is 42.8 Å². The van der Waals surface area contributed by atoms with Crippen molar-refractivity contribution in [3.8, 4) is 16.9 Å². The maximum atomic E-state index is 13.3. The van der Waals surface area contributed by atoms with Crippen LogP contribution < -0.4 is 0 Å². The Morgan fingerprint density at radius 3 is 2.48 bits per heavy atom. The van der Waals surface area contributed by atoms with Gasteiger partial charge in [0.2, 0.25) is 0 Å². The van der Waals surface area contributed by atoms with E-state index >= 15 is 0 Å². The van der Waals surface area contributed by atoms with E-state index in [0.717, 1.165) is 28.7 Å². The summed E-state index contributed by atoms with van der Waals surface area (Å²) in [6, 6.07) is 13.6. The van der Waals surface area contributed by atoms with Crippen molar-refractivity contribution in [3.63, 3.8) is 0 Å². The number of alkyl halides is 3. The van der Waals surface area contributed by atoms with Crippen molar-refractivity contribution in [2.24, 2.45) is 0 Å². The van der Waals surface area contributed by atoms with Crippen LogP contribution in [0.15, 0.2) is 54.6 Å². The maximum absolute atomic E-state index is 13.3. The molecule has 0 aliphatic rings. The van der Waals surface area contributed by atoms with Gasteiger partial charge in [0.15, 0.2) is 5.69 Å². The molecule has 0 amide bonds. The lowest BCUT2D eigenvalue weighted by Gasteiger charge is -2.10. The van der Waals surface area contributed by atoms with Gasteiger partial charge in [0, 0.05) is 11.3 Å². The number of nitrogens with zero attached hydrogens (tertiary/aromatic N) is 2. The SMILES string of the molecule is CCCSCCOC(=O)c1ccc(-c2cc(C(F)(F)F)nn2-c2ccccc2Cl)cc1. The molecule has 0 radical (unpaired) electrons. The molecule has 31 heavy (non-hydrogen) atoms. The van der Waals surface area contributed by atoms with Gasteiger partial charge in [0.25, 0.3) is 0 Å². The van der Waals surface area contributed by atoms with Crippen molar-refractivity contribution in [3.05, 3.63) is 70.9 Å². The van der Waals surface area contributed by atoms with E-state index in [1.807, 2.05) is 0 Å². The van der Waals surface area contributed by atoms with E-state index in [9.17, 15) is 18.0 Å². The van der Waals surface area contributed by atoms with Crippen LogP contribution in [0.4, 0.5) is 13.2 Å². The number of rotatable bonds is 8. The highest BCUT2D eigenvalue weighted by Gasteiger charge is 2.35. The third kappa shape index (κ3) is 5.83.